The van der Waals surface area contributed by atoms with Gasteiger partial charge in [0.05, 0.1) is 12.0 Å². The van der Waals surface area contributed by atoms with Crippen LogP contribution in [0.2, 0.25) is 22.2 Å². The highest BCUT2D eigenvalue weighted by atomic mass is 28.5. The number of ether oxygens (including phenoxy) is 2. The summed E-state index contributed by atoms with van der Waals surface area (Å²) in [6.45, 7) is 17.9. The van der Waals surface area contributed by atoms with Crippen LogP contribution in [0, 0.1) is 0 Å². The third-order valence-corrected chi connectivity index (χ3v) is 18.0. The van der Waals surface area contributed by atoms with Crippen LogP contribution in [-0.2, 0) is 22.4 Å². The zero-order chi connectivity index (χ0) is 26.6. The smallest absolute Gasteiger partial charge is 0.335 e. The molecule has 2 aromatic rings. The van der Waals surface area contributed by atoms with Gasteiger partial charge in [-0.2, -0.15) is 4.98 Å². The fourth-order valence-corrected chi connectivity index (χ4v) is 17.1. The first-order valence-electron chi connectivity index (χ1n) is 12.9. The molecule has 2 aromatic heterocycles. The van der Waals surface area contributed by atoms with Crippen molar-refractivity contribution in [1.29, 1.82) is 0 Å². The molecule has 0 spiro atoms. The first-order valence-corrected chi connectivity index (χ1v) is 16.9. The molecule has 2 aliphatic rings. The van der Waals surface area contributed by atoms with E-state index in [9.17, 15) is 4.79 Å². The fourth-order valence-electron chi connectivity index (χ4n) is 5.86. The predicted molar refractivity (Wildman–Crippen MR) is 143 cm³/mol. The normalized spacial score (nSPS) is 28.2. The van der Waals surface area contributed by atoms with Crippen LogP contribution in [0.15, 0.2) is 17.1 Å². The number of aromatic nitrogens is 3. The third kappa shape index (κ3) is 4.30. The Hall–Kier alpha value is -1.55. The molecule has 0 unspecified atom stereocenters. The van der Waals surface area contributed by atoms with E-state index in [2.05, 4.69) is 65.4 Å². The van der Waals surface area contributed by atoms with Crippen molar-refractivity contribution >= 4 is 34.1 Å². The number of nitrogens with one attached hydrogen (secondary N) is 1. The second kappa shape index (κ2) is 9.97. The van der Waals surface area contributed by atoms with Crippen molar-refractivity contribution in [2.24, 2.45) is 0 Å². The van der Waals surface area contributed by atoms with Gasteiger partial charge in [-0.3, -0.25) is 9.78 Å². The number of nitrogen functional groups attached to an aromatic ring is 1. The standard InChI is InChI=1S/C24H42N4O6Si2/c1-13(2)35(14(3)4)31-12-18-19(33-36(34-35,15(5)6)16(7)8)20(30-9)23(32-18)28-11-10-17-21(28)26-24(25)27-22(17)29/h10-11,13-16,18-20,23H,12H2,1-9H3,(H3,25,26,27,29)/t18-,19-,20-,23-/m1/s1. The first kappa shape index (κ1) is 27.5. The zero-order valence-corrected chi connectivity index (χ0v) is 24.9. The molecule has 0 aliphatic carbocycles. The van der Waals surface area contributed by atoms with E-state index in [1.54, 1.807) is 19.4 Å². The van der Waals surface area contributed by atoms with Crippen molar-refractivity contribution in [3.05, 3.63) is 22.6 Å². The molecule has 4 atom stereocenters. The SMILES string of the molecule is CO[C@@H]1[C@@H]2O[Si](C(C)C)(C(C)C)O[Si](C(C)C)(C(C)C)OC[C@H]2O[C@H]1n1ccc2c(=O)[nH]c(N)nc21. The Morgan fingerprint density at radius 3 is 2.25 bits per heavy atom. The second-order valence-corrected chi connectivity index (χ2v) is 20.1. The maximum atomic E-state index is 12.4. The topological polar surface area (TPSA) is 123 Å². The first-order chi connectivity index (χ1) is 16.9. The number of rotatable bonds is 6. The molecule has 0 bridgehead atoms. The molecule has 2 saturated heterocycles. The lowest BCUT2D eigenvalue weighted by atomic mass is 10.1. The molecule has 12 heteroatoms. The molecule has 0 amide bonds. The van der Waals surface area contributed by atoms with Gasteiger partial charge in [0.2, 0.25) is 5.95 Å². The van der Waals surface area contributed by atoms with E-state index in [1.165, 1.54) is 0 Å². The van der Waals surface area contributed by atoms with Gasteiger partial charge in [-0.05, 0) is 28.2 Å². The molecule has 4 rings (SSSR count). The lowest BCUT2D eigenvalue weighted by molar-refractivity contribution is -0.0599. The Balaban J connectivity index is 1.82. The van der Waals surface area contributed by atoms with Gasteiger partial charge in [-0.25, -0.2) is 0 Å². The Morgan fingerprint density at radius 2 is 1.69 bits per heavy atom. The molecule has 202 valence electrons. The quantitative estimate of drug-likeness (QED) is 0.525. The molecular weight excluding hydrogens is 496 g/mol. The summed E-state index contributed by atoms with van der Waals surface area (Å²) >= 11 is 0. The summed E-state index contributed by atoms with van der Waals surface area (Å²) in [4.78, 5) is 19.4. The number of methoxy groups -OCH3 is 1. The summed E-state index contributed by atoms with van der Waals surface area (Å²) in [7, 11) is -3.86. The van der Waals surface area contributed by atoms with Gasteiger partial charge < -0.3 is 32.7 Å². The second-order valence-electron chi connectivity index (χ2n) is 11.2. The van der Waals surface area contributed by atoms with Crippen molar-refractivity contribution in [2.45, 2.75) is 102 Å². The van der Waals surface area contributed by atoms with Crippen LogP contribution in [0.1, 0.15) is 61.6 Å². The van der Waals surface area contributed by atoms with Crippen LogP contribution in [0.3, 0.4) is 0 Å². The molecule has 3 N–H and O–H groups in total. The summed E-state index contributed by atoms with van der Waals surface area (Å²) in [5, 5.41) is 0.437. The summed E-state index contributed by atoms with van der Waals surface area (Å²) < 4.78 is 35.8. The highest BCUT2D eigenvalue weighted by Crippen LogP contribution is 2.48. The predicted octanol–water partition coefficient (Wildman–Crippen LogP) is 4.18. The van der Waals surface area contributed by atoms with E-state index in [4.69, 9.17) is 28.2 Å². The summed E-state index contributed by atoms with van der Waals surface area (Å²) in [5.74, 6) is 0.0501. The fraction of sp³-hybridized carbons (Fsp3) is 0.750. The van der Waals surface area contributed by atoms with E-state index in [-0.39, 0.29) is 39.8 Å². The van der Waals surface area contributed by atoms with Crippen LogP contribution >= 0.6 is 0 Å². The molecule has 0 aromatic carbocycles. The summed E-state index contributed by atoms with van der Waals surface area (Å²) in [6.07, 6.45) is -0.0140. The van der Waals surface area contributed by atoms with Gasteiger partial charge in [0.15, 0.2) is 11.9 Å². The zero-order valence-electron chi connectivity index (χ0n) is 22.9. The number of anilines is 1. The van der Waals surface area contributed by atoms with Crippen molar-refractivity contribution in [1.82, 2.24) is 14.5 Å². The Kier molecular flexibility index (Phi) is 7.61. The van der Waals surface area contributed by atoms with Gasteiger partial charge >= 0.3 is 17.1 Å². The van der Waals surface area contributed by atoms with Crippen LogP contribution in [0.5, 0.6) is 0 Å². The number of fused-ring (bicyclic) bond motifs is 2. The van der Waals surface area contributed by atoms with Crippen molar-refractivity contribution in [3.8, 4) is 0 Å². The maximum absolute atomic E-state index is 12.4. The third-order valence-electron chi connectivity index (χ3n) is 7.76. The Bertz CT molecular complexity index is 1120. The van der Waals surface area contributed by atoms with E-state index < -0.39 is 35.6 Å². The number of nitrogens with two attached hydrogens (primary N) is 1. The van der Waals surface area contributed by atoms with Crippen molar-refractivity contribution in [2.75, 3.05) is 19.5 Å². The maximum Gasteiger partial charge on any atom is 0.335 e. The molecule has 10 nitrogen and oxygen atoms in total. The number of hydrogen-bond donors (Lipinski definition) is 2. The van der Waals surface area contributed by atoms with Crippen LogP contribution < -0.4 is 11.3 Å². The van der Waals surface area contributed by atoms with Gasteiger partial charge in [-0.1, -0.05) is 55.4 Å². The van der Waals surface area contributed by atoms with Crippen molar-refractivity contribution < 1.29 is 22.4 Å². The monoisotopic (exact) mass is 538 g/mol. The number of aromatic amines is 1. The average Bonchev–Trinajstić information content (AvgIpc) is 3.33. The molecule has 36 heavy (non-hydrogen) atoms. The minimum Gasteiger partial charge on any atom is -0.414 e. The Morgan fingerprint density at radius 1 is 1.08 bits per heavy atom. The highest BCUT2D eigenvalue weighted by molar-refractivity contribution is 6.84. The summed E-state index contributed by atoms with van der Waals surface area (Å²) in [6, 6.07) is 1.72. The molecule has 0 radical (unpaired) electrons. The van der Waals surface area contributed by atoms with E-state index in [1.807, 2.05) is 4.57 Å². The van der Waals surface area contributed by atoms with E-state index in [0.717, 1.165) is 0 Å². The number of nitrogens with zero attached hydrogens (tertiary/aromatic N) is 2. The molecule has 2 fully saturated rings. The number of H-pyrrole nitrogens is 1. The lowest BCUT2D eigenvalue weighted by Gasteiger charge is -2.51. The van der Waals surface area contributed by atoms with Crippen LogP contribution in [0.25, 0.3) is 11.0 Å². The van der Waals surface area contributed by atoms with Crippen LogP contribution in [0.4, 0.5) is 5.95 Å². The number of hydrogen-bond acceptors (Lipinski definition) is 8. The van der Waals surface area contributed by atoms with E-state index in [0.29, 0.717) is 17.6 Å². The minimum absolute atomic E-state index is 0.0501. The van der Waals surface area contributed by atoms with Gasteiger partial charge in [0.25, 0.3) is 5.56 Å². The largest absolute Gasteiger partial charge is 0.414 e. The molecule has 2 aliphatic heterocycles. The molecule has 0 saturated carbocycles. The highest BCUT2D eigenvalue weighted by Gasteiger charge is 2.62. The van der Waals surface area contributed by atoms with Gasteiger partial charge in [-0.15, -0.1) is 0 Å². The van der Waals surface area contributed by atoms with Gasteiger partial charge in [0, 0.05) is 13.3 Å². The average molecular weight is 539 g/mol. The van der Waals surface area contributed by atoms with E-state index >= 15 is 0 Å². The summed E-state index contributed by atoms with van der Waals surface area (Å²) in [5.41, 5.74) is 6.87. The van der Waals surface area contributed by atoms with Crippen LogP contribution in [-0.4, -0.2) is 63.7 Å². The lowest BCUT2D eigenvalue weighted by Crippen LogP contribution is -2.65. The van der Waals surface area contributed by atoms with Gasteiger partial charge in [0.1, 0.15) is 18.3 Å². The van der Waals surface area contributed by atoms with Crippen molar-refractivity contribution in [3.63, 3.8) is 0 Å². The molecular formula is C24H42N4O6Si2. The Labute approximate surface area is 215 Å². The molecule has 4 heterocycles. The minimum atomic E-state index is -2.83.